The summed E-state index contributed by atoms with van der Waals surface area (Å²) < 4.78 is 32.9. The minimum absolute atomic E-state index is 0.0686. The number of piperidine rings is 1. The van der Waals surface area contributed by atoms with E-state index in [0.717, 1.165) is 18.4 Å². The molecule has 2 aromatic rings. The Bertz CT molecular complexity index is 1150. The van der Waals surface area contributed by atoms with Crippen molar-refractivity contribution in [3.05, 3.63) is 59.7 Å². The van der Waals surface area contributed by atoms with E-state index in [9.17, 15) is 18.0 Å². The van der Waals surface area contributed by atoms with Crippen LogP contribution in [0.3, 0.4) is 0 Å². The van der Waals surface area contributed by atoms with Crippen molar-refractivity contribution < 1.29 is 22.7 Å². The van der Waals surface area contributed by atoms with E-state index in [1.165, 1.54) is 11.4 Å². The standard InChI is InChI=1S/C26H33N3O5S/c1-19-7-3-4-8-23(19)25(30)27-24(26(31)28-15-5-6-16-28)20-13-17-29(18-14-20)35(32,33)22-11-9-21(34-2)10-12-22/h3-4,7-12,20,24H,5-6,13-18H2,1-2H3,(H,27,30)/t24-/m1/s1. The minimum atomic E-state index is -3.65. The van der Waals surface area contributed by atoms with Gasteiger partial charge in [-0.1, -0.05) is 18.2 Å². The number of benzene rings is 2. The average molecular weight is 500 g/mol. The van der Waals surface area contributed by atoms with Crippen LogP contribution >= 0.6 is 0 Å². The molecule has 0 aliphatic carbocycles. The molecule has 2 aromatic carbocycles. The molecule has 0 saturated carbocycles. The Morgan fingerprint density at radius 2 is 1.60 bits per heavy atom. The maximum absolute atomic E-state index is 13.4. The molecule has 9 heteroatoms. The minimum Gasteiger partial charge on any atom is -0.497 e. The van der Waals surface area contributed by atoms with Gasteiger partial charge in [0.05, 0.1) is 12.0 Å². The molecule has 0 aromatic heterocycles. The van der Waals surface area contributed by atoms with Crippen molar-refractivity contribution in [2.75, 3.05) is 33.3 Å². The Hall–Kier alpha value is -2.91. The highest BCUT2D eigenvalue weighted by Gasteiger charge is 2.38. The van der Waals surface area contributed by atoms with E-state index in [2.05, 4.69) is 5.32 Å². The van der Waals surface area contributed by atoms with Crippen molar-refractivity contribution >= 4 is 21.8 Å². The number of aryl methyl sites for hydroxylation is 1. The zero-order valence-electron chi connectivity index (χ0n) is 20.3. The molecule has 4 rings (SSSR count). The van der Waals surface area contributed by atoms with Crippen LogP contribution in [0.4, 0.5) is 0 Å². The Morgan fingerprint density at radius 1 is 0.971 bits per heavy atom. The summed E-state index contributed by atoms with van der Waals surface area (Å²) in [7, 11) is -2.11. The fourth-order valence-electron chi connectivity index (χ4n) is 4.91. The molecular weight excluding hydrogens is 466 g/mol. The first-order chi connectivity index (χ1) is 16.8. The molecule has 8 nitrogen and oxygen atoms in total. The fraction of sp³-hybridized carbons (Fsp3) is 0.462. The van der Waals surface area contributed by atoms with Crippen LogP contribution in [0.2, 0.25) is 0 Å². The normalized spacial score (nSPS) is 18.3. The van der Waals surface area contributed by atoms with Gasteiger partial charge >= 0.3 is 0 Å². The maximum Gasteiger partial charge on any atom is 0.252 e. The summed E-state index contributed by atoms with van der Waals surface area (Å²) in [6.07, 6.45) is 2.91. The van der Waals surface area contributed by atoms with Crippen molar-refractivity contribution in [1.82, 2.24) is 14.5 Å². The van der Waals surface area contributed by atoms with Gasteiger partial charge in [0.25, 0.3) is 5.91 Å². The van der Waals surface area contributed by atoms with E-state index >= 15 is 0 Å². The first-order valence-corrected chi connectivity index (χ1v) is 13.5. The molecule has 2 amide bonds. The average Bonchev–Trinajstić information content (AvgIpc) is 3.42. The van der Waals surface area contributed by atoms with E-state index in [1.807, 2.05) is 30.0 Å². The second kappa shape index (κ2) is 10.8. The molecule has 0 unspecified atom stereocenters. The van der Waals surface area contributed by atoms with Gasteiger partial charge in [-0.25, -0.2) is 8.42 Å². The summed E-state index contributed by atoms with van der Waals surface area (Å²) >= 11 is 0. The molecule has 2 saturated heterocycles. The van der Waals surface area contributed by atoms with Crippen LogP contribution in [0.5, 0.6) is 5.75 Å². The van der Waals surface area contributed by atoms with Crippen molar-refractivity contribution in [1.29, 1.82) is 0 Å². The summed E-state index contributed by atoms with van der Waals surface area (Å²) in [4.78, 5) is 28.6. The van der Waals surface area contributed by atoms with Gasteiger partial charge in [-0.05, 0) is 74.4 Å². The van der Waals surface area contributed by atoms with E-state index in [1.54, 1.807) is 30.3 Å². The van der Waals surface area contributed by atoms with Crippen LogP contribution in [-0.4, -0.2) is 68.8 Å². The van der Waals surface area contributed by atoms with E-state index in [0.29, 0.717) is 50.3 Å². The number of hydrogen-bond donors (Lipinski definition) is 1. The smallest absolute Gasteiger partial charge is 0.252 e. The number of likely N-dealkylation sites (tertiary alicyclic amines) is 1. The number of nitrogens with zero attached hydrogens (tertiary/aromatic N) is 2. The lowest BCUT2D eigenvalue weighted by Crippen LogP contribution is -2.54. The summed E-state index contributed by atoms with van der Waals surface area (Å²) in [6, 6.07) is 13.0. The lowest BCUT2D eigenvalue weighted by Gasteiger charge is -2.36. The molecule has 35 heavy (non-hydrogen) atoms. The van der Waals surface area contributed by atoms with Crippen molar-refractivity contribution in [3.63, 3.8) is 0 Å². The summed E-state index contributed by atoms with van der Waals surface area (Å²) in [5.74, 6) is 0.114. The van der Waals surface area contributed by atoms with Crippen LogP contribution in [0.15, 0.2) is 53.4 Å². The lowest BCUT2D eigenvalue weighted by atomic mass is 9.89. The van der Waals surface area contributed by atoms with Gasteiger partial charge in [0.15, 0.2) is 0 Å². The predicted molar refractivity (Wildman–Crippen MR) is 133 cm³/mol. The zero-order valence-corrected chi connectivity index (χ0v) is 21.1. The number of sulfonamides is 1. The van der Waals surface area contributed by atoms with Crippen molar-refractivity contribution in [3.8, 4) is 5.75 Å². The van der Waals surface area contributed by atoms with Gasteiger partial charge in [0.1, 0.15) is 11.8 Å². The highest BCUT2D eigenvalue weighted by atomic mass is 32.2. The molecule has 0 spiro atoms. The number of rotatable bonds is 7. The third-order valence-corrected chi connectivity index (χ3v) is 8.94. The van der Waals surface area contributed by atoms with E-state index in [4.69, 9.17) is 4.74 Å². The van der Waals surface area contributed by atoms with Crippen molar-refractivity contribution in [2.24, 2.45) is 5.92 Å². The number of carbonyl (C=O) groups excluding carboxylic acids is 2. The van der Waals surface area contributed by atoms with Gasteiger partial charge in [-0.2, -0.15) is 4.31 Å². The topological polar surface area (TPSA) is 96.0 Å². The van der Waals surface area contributed by atoms with Crippen LogP contribution < -0.4 is 10.1 Å². The highest BCUT2D eigenvalue weighted by molar-refractivity contribution is 7.89. The third-order valence-electron chi connectivity index (χ3n) is 7.03. The molecule has 2 aliphatic rings. The van der Waals surface area contributed by atoms with Crippen LogP contribution in [0.25, 0.3) is 0 Å². The Balaban J connectivity index is 1.49. The van der Waals surface area contributed by atoms with Gasteiger partial charge in [0.2, 0.25) is 15.9 Å². The SMILES string of the molecule is COc1ccc(S(=O)(=O)N2CCC([C@@H](NC(=O)c3ccccc3C)C(=O)N3CCCC3)CC2)cc1. The molecule has 2 aliphatic heterocycles. The summed E-state index contributed by atoms with van der Waals surface area (Å²) in [6.45, 7) is 3.85. The maximum atomic E-state index is 13.4. The predicted octanol–water partition coefficient (Wildman–Crippen LogP) is 2.83. The van der Waals surface area contributed by atoms with Gasteiger partial charge in [0, 0.05) is 31.7 Å². The molecule has 188 valence electrons. The number of amides is 2. The largest absolute Gasteiger partial charge is 0.497 e. The fourth-order valence-corrected chi connectivity index (χ4v) is 6.38. The van der Waals surface area contributed by atoms with E-state index < -0.39 is 16.1 Å². The highest BCUT2D eigenvalue weighted by Crippen LogP contribution is 2.28. The van der Waals surface area contributed by atoms with Crippen LogP contribution in [-0.2, 0) is 14.8 Å². The molecule has 0 radical (unpaired) electrons. The van der Waals surface area contributed by atoms with Crippen LogP contribution in [0.1, 0.15) is 41.6 Å². The number of nitrogens with one attached hydrogen (secondary N) is 1. The molecule has 1 atom stereocenters. The Labute approximate surface area is 207 Å². The van der Waals surface area contributed by atoms with Crippen molar-refractivity contribution in [2.45, 2.75) is 43.5 Å². The monoisotopic (exact) mass is 499 g/mol. The number of hydrogen-bond acceptors (Lipinski definition) is 5. The lowest BCUT2D eigenvalue weighted by molar-refractivity contribution is -0.133. The van der Waals surface area contributed by atoms with Crippen LogP contribution in [0, 0.1) is 12.8 Å². The zero-order chi connectivity index (χ0) is 25.0. The summed E-state index contributed by atoms with van der Waals surface area (Å²) in [5.41, 5.74) is 1.39. The second-order valence-corrected chi connectivity index (χ2v) is 11.2. The second-order valence-electron chi connectivity index (χ2n) is 9.22. The quantitative estimate of drug-likeness (QED) is 0.632. The number of methoxy groups -OCH3 is 1. The molecular formula is C26H33N3O5S. The van der Waals surface area contributed by atoms with Gasteiger partial charge in [-0.15, -0.1) is 0 Å². The Morgan fingerprint density at radius 3 is 2.20 bits per heavy atom. The number of carbonyl (C=O) groups is 2. The molecule has 1 N–H and O–H groups in total. The first-order valence-electron chi connectivity index (χ1n) is 12.1. The molecule has 2 fully saturated rings. The third kappa shape index (κ3) is 5.51. The molecule has 0 bridgehead atoms. The first kappa shape index (κ1) is 25.2. The number of ether oxygens (including phenoxy) is 1. The van der Waals surface area contributed by atoms with Gasteiger partial charge < -0.3 is 15.0 Å². The summed E-state index contributed by atoms with van der Waals surface area (Å²) in [5, 5.41) is 3.01. The Kier molecular flexibility index (Phi) is 7.76. The molecule has 2 heterocycles. The van der Waals surface area contributed by atoms with Gasteiger partial charge in [-0.3, -0.25) is 9.59 Å². The van der Waals surface area contributed by atoms with E-state index in [-0.39, 0.29) is 22.6 Å².